The van der Waals surface area contributed by atoms with Crippen molar-refractivity contribution in [2.24, 2.45) is 5.41 Å². The first-order chi connectivity index (χ1) is 10.6. The lowest BCUT2D eigenvalue weighted by Crippen LogP contribution is -2.50. The predicted molar refractivity (Wildman–Crippen MR) is 82.4 cm³/mol. The molecule has 6 heteroatoms. The number of rotatable bonds is 3. The molecule has 2 aliphatic heterocycles. The Morgan fingerprint density at radius 2 is 2.18 bits per heavy atom. The number of nitrogens with zero attached hydrogens (tertiary/aromatic N) is 3. The molecule has 0 aliphatic carbocycles. The fraction of sp³-hybridized carbons (Fsp3) is 0.688. The van der Waals surface area contributed by atoms with Crippen molar-refractivity contribution in [3.8, 4) is 0 Å². The Hall–Kier alpha value is -1.85. The van der Waals surface area contributed by atoms with Crippen molar-refractivity contribution in [3.05, 3.63) is 17.5 Å². The molecule has 1 spiro atoms. The summed E-state index contributed by atoms with van der Waals surface area (Å²) in [5.74, 6) is 0.239. The lowest BCUT2D eigenvalue weighted by molar-refractivity contribution is -0.145. The minimum Gasteiger partial charge on any atom is -0.342 e. The van der Waals surface area contributed by atoms with Gasteiger partial charge in [-0.1, -0.05) is 6.92 Å². The van der Waals surface area contributed by atoms with Gasteiger partial charge in [0.25, 0.3) is 5.91 Å². The van der Waals surface area contributed by atoms with Crippen LogP contribution in [-0.2, 0) is 11.2 Å². The Labute approximate surface area is 130 Å². The summed E-state index contributed by atoms with van der Waals surface area (Å²) < 4.78 is 0. The molecule has 0 saturated carbocycles. The molecular formula is C16H24N4O2. The second kappa shape index (κ2) is 5.74. The highest BCUT2D eigenvalue weighted by Crippen LogP contribution is 2.40. The molecule has 0 aromatic carbocycles. The van der Waals surface area contributed by atoms with Gasteiger partial charge in [0, 0.05) is 31.9 Å². The molecule has 0 unspecified atom stereocenters. The van der Waals surface area contributed by atoms with Gasteiger partial charge < -0.3 is 9.80 Å². The van der Waals surface area contributed by atoms with Crippen LogP contribution in [0.1, 0.15) is 49.2 Å². The van der Waals surface area contributed by atoms with Crippen molar-refractivity contribution >= 4 is 11.8 Å². The molecule has 2 saturated heterocycles. The maximum absolute atomic E-state index is 12.7. The maximum atomic E-state index is 12.7. The number of carbonyl (C=O) groups is 2. The van der Waals surface area contributed by atoms with E-state index in [4.69, 9.17) is 0 Å². The second-order valence-electron chi connectivity index (χ2n) is 6.36. The highest BCUT2D eigenvalue weighted by molar-refractivity contribution is 5.96. The van der Waals surface area contributed by atoms with Crippen LogP contribution in [0.3, 0.4) is 0 Å². The molecule has 1 N–H and O–H groups in total. The van der Waals surface area contributed by atoms with Crippen molar-refractivity contribution < 1.29 is 9.59 Å². The van der Waals surface area contributed by atoms with Crippen LogP contribution in [0.5, 0.6) is 0 Å². The Bertz CT molecular complexity index is 582. The molecule has 0 bridgehead atoms. The molecular weight excluding hydrogens is 280 g/mol. The zero-order valence-corrected chi connectivity index (χ0v) is 13.4. The van der Waals surface area contributed by atoms with Gasteiger partial charge in [0.05, 0.1) is 17.2 Å². The molecule has 120 valence electrons. The Morgan fingerprint density at radius 1 is 1.36 bits per heavy atom. The SMILES string of the molecule is CCc1[nH]ncc1C(=O)N1CC[C@]2(CCCN(CC)C2=O)C1. The van der Waals surface area contributed by atoms with Crippen LogP contribution in [0.2, 0.25) is 0 Å². The molecule has 2 aliphatic rings. The number of carbonyl (C=O) groups excluding carboxylic acids is 2. The lowest BCUT2D eigenvalue weighted by Gasteiger charge is -2.38. The van der Waals surface area contributed by atoms with Gasteiger partial charge in [-0.05, 0) is 32.6 Å². The highest BCUT2D eigenvalue weighted by atomic mass is 16.2. The maximum Gasteiger partial charge on any atom is 0.257 e. The van der Waals surface area contributed by atoms with E-state index in [0.29, 0.717) is 18.7 Å². The molecule has 1 aromatic heterocycles. The molecule has 3 rings (SSSR count). The van der Waals surface area contributed by atoms with Crippen LogP contribution in [0, 0.1) is 5.41 Å². The van der Waals surface area contributed by atoms with E-state index in [-0.39, 0.29) is 17.2 Å². The van der Waals surface area contributed by atoms with Crippen LogP contribution in [0.4, 0.5) is 0 Å². The summed E-state index contributed by atoms with van der Waals surface area (Å²) in [6.45, 7) is 6.85. The Balaban J connectivity index is 1.77. The van der Waals surface area contributed by atoms with E-state index in [9.17, 15) is 9.59 Å². The topological polar surface area (TPSA) is 69.3 Å². The first-order valence-corrected chi connectivity index (χ1v) is 8.22. The number of nitrogens with one attached hydrogen (secondary N) is 1. The first-order valence-electron chi connectivity index (χ1n) is 8.22. The third kappa shape index (κ3) is 2.30. The average Bonchev–Trinajstić information content (AvgIpc) is 3.17. The quantitative estimate of drug-likeness (QED) is 0.919. The smallest absolute Gasteiger partial charge is 0.257 e. The minimum absolute atomic E-state index is 0.00361. The van der Waals surface area contributed by atoms with Crippen molar-refractivity contribution in [2.45, 2.75) is 39.5 Å². The van der Waals surface area contributed by atoms with Crippen molar-refractivity contribution in [3.63, 3.8) is 0 Å². The number of piperidine rings is 1. The average molecular weight is 304 g/mol. The van der Waals surface area contributed by atoms with Crippen molar-refractivity contribution in [2.75, 3.05) is 26.2 Å². The summed E-state index contributed by atoms with van der Waals surface area (Å²) >= 11 is 0. The van der Waals surface area contributed by atoms with Gasteiger partial charge in [-0.25, -0.2) is 0 Å². The summed E-state index contributed by atoms with van der Waals surface area (Å²) in [5.41, 5.74) is 1.17. The summed E-state index contributed by atoms with van der Waals surface area (Å²) in [6.07, 6.45) is 5.08. The van der Waals surface area contributed by atoms with E-state index in [0.717, 1.165) is 44.5 Å². The minimum atomic E-state index is -0.347. The zero-order valence-electron chi connectivity index (χ0n) is 13.4. The van der Waals surface area contributed by atoms with Crippen molar-refractivity contribution in [1.29, 1.82) is 0 Å². The number of aryl methyl sites for hydroxylation is 1. The van der Waals surface area contributed by atoms with Crippen LogP contribution in [0.15, 0.2) is 6.20 Å². The largest absolute Gasteiger partial charge is 0.342 e. The molecule has 1 aromatic rings. The van der Waals surface area contributed by atoms with Gasteiger partial charge in [-0.3, -0.25) is 14.7 Å². The number of H-pyrrole nitrogens is 1. The number of aromatic amines is 1. The molecule has 0 radical (unpaired) electrons. The lowest BCUT2D eigenvalue weighted by atomic mass is 9.78. The number of aromatic nitrogens is 2. The standard InChI is InChI=1S/C16H24N4O2/c1-3-13-12(10-17-18-13)14(21)20-9-7-16(11-20)6-5-8-19(4-2)15(16)22/h10H,3-9,11H2,1-2H3,(H,17,18)/t16-/m1/s1. The fourth-order valence-electron chi connectivity index (χ4n) is 3.82. The molecule has 3 heterocycles. The summed E-state index contributed by atoms with van der Waals surface area (Å²) in [5, 5.41) is 6.87. The molecule has 2 amide bonds. The predicted octanol–water partition coefficient (Wildman–Crippen LogP) is 1.45. The molecule has 22 heavy (non-hydrogen) atoms. The van der Waals surface area contributed by atoms with Crippen LogP contribution in [-0.4, -0.2) is 58.0 Å². The number of hydrogen-bond donors (Lipinski definition) is 1. The normalized spacial score (nSPS) is 25.3. The van der Waals surface area contributed by atoms with E-state index in [1.807, 2.05) is 23.6 Å². The fourth-order valence-corrected chi connectivity index (χ4v) is 3.82. The van der Waals surface area contributed by atoms with E-state index < -0.39 is 0 Å². The van der Waals surface area contributed by atoms with Gasteiger partial charge in [0.1, 0.15) is 0 Å². The van der Waals surface area contributed by atoms with E-state index in [1.165, 1.54) is 0 Å². The number of amides is 2. The number of likely N-dealkylation sites (tertiary alicyclic amines) is 2. The molecule has 1 atom stereocenters. The molecule has 6 nitrogen and oxygen atoms in total. The first kappa shape index (κ1) is 15.1. The zero-order chi connectivity index (χ0) is 15.7. The monoisotopic (exact) mass is 304 g/mol. The third-order valence-corrected chi connectivity index (χ3v) is 5.15. The molecule has 2 fully saturated rings. The second-order valence-corrected chi connectivity index (χ2v) is 6.36. The van der Waals surface area contributed by atoms with E-state index >= 15 is 0 Å². The summed E-state index contributed by atoms with van der Waals surface area (Å²) in [4.78, 5) is 29.2. The Morgan fingerprint density at radius 3 is 2.91 bits per heavy atom. The van der Waals surface area contributed by atoms with Gasteiger partial charge in [0.15, 0.2) is 0 Å². The highest BCUT2D eigenvalue weighted by Gasteiger charge is 2.49. The summed E-state index contributed by atoms with van der Waals surface area (Å²) in [6, 6.07) is 0. The Kier molecular flexibility index (Phi) is 3.93. The summed E-state index contributed by atoms with van der Waals surface area (Å²) in [7, 11) is 0. The number of hydrogen-bond acceptors (Lipinski definition) is 3. The van der Waals surface area contributed by atoms with Crippen LogP contribution >= 0.6 is 0 Å². The van der Waals surface area contributed by atoms with Crippen molar-refractivity contribution in [1.82, 2.24) is 20.0 Å². The van der Waals surface area contributed by atoms with Gasteiger partial charge in [-0.2, -0.15) is 5.10 Å². The van der Waals surface area contributed by atoms with Gasteiger partial charge in [-0.15, -0.1) is 0 Å². The van der Waals surface area contributed by atoms with E-state index in [1.54, 1.807) is 6.20 Å². The van der Waals surface area contributed by atoms with E-state index in [2.05, 4.69) is 10.2 Å². The van der Waals surface area contributed by atoms with Gasteiger partial charge >= 0.3 is 0 Å². The van der Waals surface area contributed by atoms with Crippen LogP contribution in [0.25, 0.3) is 0 Å². The van der Waals surface area contributed by atoms with Crippen LogP contribution < -0.4 is 0 Å². The third-order valence-electron chi connectivity index (χ3n) is 5.15. The van der Waals surface area contributed by atoms with Gasteiger partial charge in [0.2, 0.25) is 5.91 Å².